The molecule has 0 atom stereocenters. The second kappa shape index (κ2) is 7.94. The van der Waals surface area contributed by atoms with Crippen molar-refractivity contribution in [3.63, 3.8) is 0 Å². The first kappa shape index (κ1) is 18.3. The number of nitrogens with one attached hydrogen (secondary N) is 1. The van der Waals surface area contributed by atoms with E-state index in [2.05, 4.69) is 25.6 Å². The smallest absolute Gasteiger partial charge is 0.230 e. The van der Waals surface area contributed by atoms with Gasteiger partial charge in [-0.05, 0) is 49.2 Å². The third-order valence-corrected chi connectivity index (χ3v) is 5.30. The van der Waals surface area contributed by atoms with E-state index in [0.29, 0.717) is 17.0 Å². The minimum atomic E-state index is -0.151. The van der Waals surface area contributed by atoms with Crippen LogP contribution in [0.3, 0.4) is 0 Å². The molecule has 1 aliphatic rings. The van der Waals surface area contributed by atoms with Crippen molar-refractivity contribution in [1.82, 2.24) is 15.4 Å². The zero-order valence-electron chi connectivity index (χ0n) is 16.4. The minimum absolute atomic E-state index is 0.144. The quantitative estimate of drug-likeness (QED) is 0.545. The van der Waals surface area contributed by atoms with Gasteiger partial charge < -0.3 is 14.7 Å². The van der Waals surface area contributed by atoms with Crippen LogP contribution >= 0.6 is 0 Å². The summed E-state index contributed by atoms with van der Waals surface area (Å²) in [5, 5.41) is 16.6. The Balaban J connectivity index is 1.29. The Morgan fingerprint density at radius 2 is 1.87 bits per heavy atom. The van der Waals surface area contributed by atoms with Gasteiger partial charge in [0.1, 0.15) is 5.69 Å². The van der Waals surface area contributed by atoms with Gasteiger partial charge in [-0.2, -0.15) is 0 Å². The molecule has 7 heteroatoms. The standard InChI is InChI=1S/C23H21N5O2/c29-23(15-20-18-8-1-2-9-21(18)30-27-20)24-17-7-5-6-16(14-17)19-10-11-22(26-25-19)28-12-3-4-13-28/h1-2,5-11,14H,3-4,12-13,15H2,(H,24,29). The van der Waals surface area contributed by atoms with Crippen LogP contribution in [0.15, 0.2) is 65.2 Å². The van der Waals surface area contributed by atoms with Crippen LogP contribution in [0.1, 0.15) is 18.5 Å². The fourth-order valence-corrected chi connectivity index (χ4v) is 3.77. The van der Waals surface area contributed by atoms with Crippen molar-refractivity contribution in [3.8, 4) is 11.3 Å². The number of rotatable bonds is 5. The molecular formula is C23H21N5O2. The number of hydrogen-bond donors (Lipinski definition) is 1. The lowest BCUT2D eigenvalue weighted by Crippen LogP contribution is -2.19. The summed E-state index contributed by atoms with van der Waals surface area (Å²) in [7, 11) is 0. The third-order valence-electron chi connectivity index (χ3n) is 5.30. The Kier molecular flexibility index (Phi) is 4.85. The third kappa shape index (κ3) is 3.74. The highest BCUT2D eigenvalue weighted by Gasteiger charge is 2.15. The summed E-state index contributed by atoms with van der Waals surface area (Å²) in [6.45, 7) is 2.08. The van der Waals surface area contributed by atoms with Crippen LogP contribution in [0.5, 0.6) is 0 Å². The zero-order chi connectivity index (χ0) is 20.3. The molecule has 1 aliphatic heterocycles. The predicted molar refractivity (Wildman–Crippen MR) is 115 cm³/mol. The molecule has 0 unspecified atom stereocenters. The van der Waals surface area contributed by atoms with Crippen molar-refractivity contribution in [2.45, 2.75) is 19.3 Å². The van der Waals surface area contributed by atoms with Crippen LogP contribution in [0.25, 0.3) is 22.2 Å². The van der Waals surface area contributed by atoms with Gasteiger partial charge in [0.2, 0.25) is 5.91 Å². The largest absolute Gasteiger partial charge is 0.356 e. The van der Waals surface area contributed by atoms with Gasteiger partial charge in [-0.25, -0.2) is 0 Å². The van der Waals surface area contributed by atoms with Crippen molar-refractivity contribution in [2.24, 2.45) is 0 Å². The van der Waals surface area contributed by atoms with E-state index in [4.69, 9.17) is 4.52 Å². The number of nitrogens with zero attached hydrogens (tertiary/aromatic N) is 4. The summed E-state index contributed by atoms with van der Waals surface area (Å²) >= 11 is 0. The summed E-state index contributed by atoms with van der Waals surface area (Å²) in [5.74, 6) is 0.766. The zero-order valence-corrected chi connectivity index (χ0v) is 16.4. The molecule has 30 heavy (non-hydrogen) atoms. The Morgan fingerprint density at radius 1 is 1.00 bits per heavy atom. The number of carbonyl (C=O) groups is 1. The van der Waals surface area contributed by atoms with Crippen molar-refractivity contribution in [2.75, 3.05) is 23.3 Å². The van der Waals surface area contributed by atoms with E-state index in [1.54, 1.807) is 0 Å². The van der Waals surface area contributed by atoms with Gasteiger partial charge in [0.25, 0.3) is 0 Å². The summed E-state index contributed by atoms with van der Waals surface area (Å²) in [6.07, 6.45) is 2.55. The topological polar surface area (TPSA) is 84.2 Å². The Bertz CT molecular complexity index is 1180. The van der Waals surface area contributed by atoms with Gasteiger partial charge in [-0.1, -0.05) is 29.4 Å². The Morgan fingerprint density at radius 3 is 2.70 bits per heavy atom. The molecule has 0 aliphatic carbocycles. The number of amides is 1. The number of fused-ring (bicyclic) bond motifs is 1. The highest BCUT2D eigenvalue weighted by atomic mass is 16.5. The van der Waals surface area contributed by atoms with Gasteiger partial charge in [0.15, 0.2) is 11.4 Å². The number of carbonyl (C=O) groups excluding carboxylic acids is 1. The van der Waals surface area contributed by atoms with E-state index in [9.17, 15) is 4.79 Å². The number of anilines is 2. The van der Waals surface area contributed by atoms with Crippen molar-refractivity contribution in [3.05, 3.63) is 66.4 Å². The van der Waals surface area contributed by atoms with Crippen LogP contribution in [-0.2, 0) is 11.2 Å². The molecule has 0 radical (unpaired) electrons. The fraction of sp³-hybridized carbons (Fsp3) is 0.217. The second-order valence-electron chi connectivity index (χ2n) is 7.40. The van der Waals surface area contributed by atoms with Crippen molar-refractivity contribution < 1.29 is 9.32 Å². The van der Waals surface area contributed by atoms with E-state index in [1.165, 1.54) is 12.8 Å². The molecule has 4 aromatic rings. The molecule has 0 spiro atoms. The number of aromatic nitrogens is 3. The summed E-state index contributed by atoms with van der Waals surface area (Å²) in [4.78, 5) is 14.8. The molecule has 150 valence electrons. The van der Waals surface area contributed by atoms with Crippen LogP contribution in [-0.4, -0.2) is 34.4 Å². The first-order valence-electron chi connectivity index (χ1n) is 10.1. The lowest BCUT2D eigenvalue weighted by Gasteiger charge is -2.15. The number of benzene rings is 2. The SMILES string of the molecule is O=C(Cc1noc2ccccc12)Nc1cccc(-c2ccc(N3CCCC3)nn2)c1. The normalized spacial score (nSPS) is 13.7. The average Bonchev–Trinajstić information content (AvgIpc) is 3.45. The number of para-hydroxylation sites is 1. The maximum atomic E-state index is 12.5. The molecule has 1 N–H and O–H groups in total. The Labute approximate surface area is 173 Å². The average molecular weight is 399 g/mol. The van der Waals surface area contributed by atoms with Gasteiger partial charge in [-0.3, -0.25) is 4.79 Å². The van der Waals surface area contributed by atoms with E-state index < -0.39 is 0 Å². The molecule has 3 heterocycles. The van der Waals surface area contributed by atoms with E-state index >= 15 is 0 Å². The molecule has 0 saturated carbocycles. The number of hydrogen-bond acceptors (Lipinski definition) is 6. The minimum Gasteiger partial charge on any atom is -0.356 e. The molecule has 2 aromatic carbocycles. The summed E-state index contributed by atoms with van der Waals surface area (Å²) < 4.78 is 5.27. The summed E-state index contributed by atoms with van der Waals surface area (Å²) in [5.41, 5.74) is 3.69. The first-order chi connectivity index (χ1) is 14.8. The fourth-order valence-electron chi connectivity index (χ4n) is 3.77. The van der Waals surface area contributed by atoms with E-state index in [0.717, 1.165) is 35.6 Å². The lowest BCUT2D eigenvalue weighted by atomic mass is 10.1. The van der Waals surface area contributed by atoms with Gasteiger partial charge in [-0.15, -0.1) is 10.2 Å². The lowest BCUT2D eigenvalue weighted by molar-refractivity contribution is -0.115. The molecule has 0 bridgehead atoms. The highest BCUT2D eigenvalue weighted by molar-refractivity contribution is 5.95. The van der Waals surface area contributed by atoms with Crippen molar-refractivity contribution >= 4 is 28.4 Å². The molecular weight excluding hydrogens is 378 g/mol. The van der Waals surface area contributed by atoms with Gasteiger partial charge in [0, 0.05) is 29.7 Å². The van der Waals surface area contributed by atoms with Gasteiger partial charge in [0.05, 0.1) is 12.1 Å². The van der Waals surface area contributed by atoms with Crippen molar-refractivity contribution in [1.29, 1.82) is 0 Å². The molecule has 1 fully saturated rings. The molecule has 1 saturated heterocycles. The maximum Gasteiger partial charge on any atom is 0.230 e. The highest BCUT2D eigenvalue weighted by Crippen LogP contribution is 2.24. The molecule has 7 nitrogen and oxygen atoms in total. The van der Waals surface area contributed by atoms with Crippen LogP contribution in [0, 0.1) is 0 Å². The predicted octanol–water partition coefficient (Wildman–Crippen LogP) is 4.07. The molecule has 1 amide bonds. The van der Waals surface area contributed by atoms with E-state index in [1.807, 2.05) is 60.7 Å². The van der Waals surface area contributed by atoms with Crippen LogP contribution in [0.2, 0.25) is 0 Å². The van der Waals surface area contributed by atoms with Crippen LogP contribution in [0.4, 0.5) is 11.5 Å². The molecule has 5 rings (SSSR count). The van der Waals surface area contributed by atoms with E-state index in [-0.39, 0.29) is 12.3 Å². The monoisotopic (exact) mass is 399 g/mol. The molecule has 2 aromatic heterocycles. The summed E-state index contributed by atoms with van der Waals surface area (Å²) in [6, 6.07) is 19.1. The second-order valence-corrected chi connectivity index (χ2v) is 7.40. The van der Waals surface area contributed by atoms with Gasteiger partial charge >= 0.3 is 0 Å². The first-order valence-corrected chi connectivity index (χ1v) is 10.1. The Hall–Kier alpha value is -3.74. The van der Waals surface area contributed by atoms with Crippen LogP contribution < -0.4 is 10.2 Å². The maximum absolute atomic E-state index is 12.5.